The number of carbonyl (C=O) groups excluding carboxylic acids is 2. The Hall–Kier alpha value is -2.90. The number of fused-ring (bicyclic) bond motifs is 6. The number of phenols is 1. The number of esters is 2. The smallest absolute Gasteiger partial charge is 0.324 e. The van der Waals surface area contributed by atoms with E-state index in [4.69, 9.17) is 15.2 Å². The zero-order valence-corrected chi connectivity index (χ0v) is 23.8. The summed E-state index contributed by atoms with van der Waals surface area (Å²) in [5.74, 6) is -0.464. The third kappa shape index (κ3) is 3.63. The molecule has 2 aromatic carbocycles. The summed E-state index contributed by atoms with van der Waals surface area (Å²) in [7, 11) is 0. The van der Waals surface area contributed by atoms with Crippen LogP contribution in [0.5, 0.6) is 5.75 Å². The highest BCUT2D eigenvalue weighted by atomic mass is 16.6. The van der Waals surface area contributed by atoms with Gasteiger partial charge in [-0.25, -0.2) is 0 Å². The maximum absolute atomic E-state index is 13.1. The third-order valence-corrected chi connectivity index (χ3v) is 11.1. The van der Waals surface area contributed by atoms with Crippen LogP contribution < -0.4 is 5.73 Å². The monoisotopic (exact) mass is 547 g/mol. The first-order valence-electron chi connectivity index (χ1n) is 14.8. The Bertz CT molecular complexity index is 1350. The number of benzene rings is 2. The van der Waals surface area contributed by atoms with Crippen LogP contribution in [0.15, 0.2) is 36.4 Å². The quantitative estimate of drug-likeness (QED) is 0.374. The summed E-state index contributed by atoms with van der Waals surface area (Å²) in [4.78, 5) is 26.1. The van der Waals surface area contributed by atoms with Gasteiger partial charge in [0.15, 0.2) is 5.41 Å². The van der Waals surface area contributed by atoms with E-state index in [9.17, 15) is 19.8 Å². The highest BCUT2D eigenvalue weighted by molar-refractivity contribution is 6.01. The lowest BCUT2D eigenvalue weighted by molar-refractivity contribution is -0.171. The van der Waals surface area contributed by atoms with Crippen molar-refractivity contribution in [3.05, 3.63) is 64.2 Å². The molecule has 0 bridgehead atoms. The maximum Gasteiger partial charge on any atom is 0.324 e. The first-order valence-corrected chi connectivity index (χ1v) is 14.8. The second-order valence-corrected chi connectivity index (χ2v) is 12.8. The van der Waals surface area contributed by atoms with Crippen molar-refractivity contribution in [2.24, 2.45) is 22.5 Å². The molecule has 0 amide bonds. The van der Waals surface area contributed by atoms with Crippen LogP contribution in [0.4, 0.5) is 0 Å². The maximum atomic E-state index is 13.1. The largest absolute Gasteiger partial charge is 0.508 e. The van der Waals surface area contributed by atoms with E-state index in [1.807, 2.05) is 30.3 Å². The average Bonchev–Trinajstić information content (AvgIpc) is 3.45. The summed E-state index contributed by atoms with van der Waals surface area (Å²) >= 11 is 0. The fourth-order valence-corrected chi connectivity index (χ4v) is 9.05. The number of ether oxygens (including phenoxy) is 2. The zero-order chi connectivity index (χ0) is 28.5. The minimum Gasteiger partial charge on any atom is -0.508 e. The normalized spacial score (nSPS) is 33.3. The summed E-state index contributed by atoms with van der Waals surface area (Å²) in [5.41, 5.74) is 9.13. The van der Waals surface area contributed by atoms with Gasteiger partial charge in [0.25, 0.3) is 0 Å². The van der Waals surface area contributed by atoms with Gasteiger partial charge in [-0.3, -0.25) is 9.59 Å². The Balaban J connectivity index is 1.33. The van der Waals surface area contributed by atoms with Crippen LogP contribution in [0.3, 0.4) is 0 Å². The first kappa shape index (κ1) is 27.3. The van der Waals surface area contributed by atoms with E-state index in [0.717, 1.165) is 48.8 Å². The second kappa shape index (κ2) is 9.31. The Labute approximate surface area is 236 Å². The van der Waals surface area contributed by atoms with Gasteiger partial charge in [0.1, 0.15) is 5.75 Å². The van der Waals surface area contributed by atoms with Crippen molar-refractivity contribution in [2.75, 3.05) is 13.2 Å². The molecule has 0 radical (unpaired) electrons. The molecule has 0 heterocycles. The molecule has 6 rings (SSSR count). The summed E-state index contributed by atoms with van der Waals surface area (Å²) in [5, 5.41) is 22.6. The molecular formula is C33H41NO6. The Morgan fingerprint density at radius 3 is 2.33 bits per heavy atom. The van der Waals surface area contributed by atoms with Crippen molar-refractivity contribution < 1.29 is 29.3 Å². The number of aliphatic hydroxyl groups is 1. The second-order valence-electron chi connectivity index (χ2n) is 12.8. The number of phenolic OH excluding ortho intramolecular Hbond substituents is 1. The molecule has 40 heavy (non-hydrogen) atoms. The van der Waals surface area contributed by atoms with Crippen LogP contribution in [0.2, 0.25) is 0 Å². The molecule has 0 spiro atoms. The number of aryl methyl sites for hydroxylation is 1. The van der Waals surface area contributed by atoms with Crippen molar-refractivity contribution in [3.8, 4) is 5.75 Å². The molecule has 4 N–H and O–H groups in total. The van der Waals surface area contributed by atoms with E-state index in [-0.39, 0.29) is 37.9 Å². The van der Waals surface area contributed by atoms with Gasteiger partial charge in [0.05, 0.1) is 18.8 Å². The molecule has 0 aliphatic heterocycles. The Morgan fingerprint density at radius 1 is 0.925 bits per heavy atom. The van der Waals surface area contributed by atoms with Gasteiger partial charge >= 0.3 is 11.9 Å². The minimum atomic E-state index is -1.39. The summed E-state index contributed by atoms with van der Waals surface area (Å²) in [6.45, 7) is 6.05. The zero-order valence-electron chi connectivity index (χ0n) is 23.8. The number of carbonyl (C=O) groups is 2. The molecular weight excluding hydrogens is 506 g/mol. The van der Waals surface area contributed by atoms with E-state index < -0.39 is 33.9 Å². The van der Waals surface area contributed by atoms with Gasteiger partial charge in [-0.15, -0.1) is 0 Å². The number of aromatic hydroxyl groups is 1. The predicted octanol–water partition coefficient (Wildman–Crippen LogP) is 4.43. The van der Waals surface area contributed by atoms with E-state index in [2.05, 4.69) is 6.92 Å². The fourth-order valence-electron chi connectivity index (χ4n) is 9.05. The van der Waals surface area contributed by atoms with Gasteiger partial charge in [-0.05, 0) is 111 Å². The molecule has 4 aliphatic rings. The predicted molar refractivity (Wildman–Crippen MR) is 150 cm³/mol. The average molecular weight is 548 g/mol. The number of rotatable bonds is 5. The van der Waals surface area contributed by atoms with E-state index in [0.29, 0.717) is 12.2 Å². The highest BCUT2D eigenvalue weighted by Gasteiger charge is 2.66. The van der Waals surface area contributed by atoms with Crippen molar-refractivity contribution in [2.45, 2.75) is 89.2 Å². The van der Waals surface area contributed by atoms with Crippen LogP contribution in [0.25, 0.3) is 0 Å². The third-order valence-electron chi connectivity index (χ3n) is 11.1. The van der Waals surface area contributed by atoms with Crippen molar-refractivity contribution >= 4 is 11.9 Å². The van der Waals surface area contributed by atoms with Gasteiger partial charge < -0.3 is 25.4 Å². The van der Waals surface area contributed by atoms with Crippen molar-refractivity contribution in [1.82, 2.24) is 0 Å². The standard InChI is InChI=1S/C33H41NO6/c1-4-39-28(36)31(29(37)40-5-2)18-21-6-7-23(16-22(21)19-31)33(38)15-12-27-30(33,3)13-11-26-25-9-8-24(35)17-20(25)10-14-32(26,27)34/h6-9,16-17,26-27,35,38H,4-5,10-15,18-19,34H2,1-3H3/t26-,27-,30?,32+,33-/m1/s1. The molecule has 1 unspecified atom stereocenters. The minimum absolute atomic E-state index is 0.136. The topological polar surface area (TPSA) is 119 Å². The fraction of sp³-hybridized carbons (Fsp3) is 0.576. The van der Waals surface area contributed by atoms with E-state index >= 15 is 0 Å². The van der Waals surface area contributed by atoms with Crippen LogP contribution in [-0.2, 0) is 43.9 Å². The molecule has 214 valence electrons. The van der Waals surface area contributed by atoms with Gasteiger partial charge in [0.2, 0.25) is 0 Å². The lowest BCUT2D eigenvalue weighted by Crippen LogP contribution is -2.63. The molecule has 4 aliphatic carbocycles. The first-order chi connectivity index (χ1) is 19.0. The molecule has 2 fully saturated rings. The lowest BCUT2D eigenvalue weighted by atomic mass is 9.49. The van der Waals surface area contributed by atoms with Crippen LogP contribution in [0.1, 0.15) is 86.6 Å². The summed E-state index contributed by atoms with van der Waals surface area (Å²) in [6.07, 6.45) is 5.26. The molecule has 7 nitrogen and oxygen atoms in total. The molecule has 5 atom stereocenters. The van der Waals surface area contributed by atoms with E-state index in [1.54, 1.807) is 19.9 Å². The number of nitrogens with two attached hydrogens (primary N) is 1. The molecule has 0 saturated heterocycles. The van der Waals surface area contributed by atoms with Crippen LogP contribution in [0, 0.1) is 16.7 Å². The van der Waals surface area contributed by atoms with Crippen molar-refractivity contribution in [1.29, 1.82) is 0 Å². The van der Waals surface area contributed by atoms with Gasteiger partial charge in [0, 0.05) is 16.9 Å². The molecule has 2 aromatic rings. The molecule has 2 saturated carbocycles. The summed E-state index contributed by atoms with van der Waals surface area (Å²) < 4.78 is 10.7. The molecule has 0 aromatic heterocycles. The van der Waals surface area contributed by atoms with E-state index in [1.165, 1.54) is 11.1 Å². The highest BCUT2D eigenvalue weighted by Crippen LogP contribution is 2.67. The van der Waals surface area contributed by atoms with Crippen LogP contribution >= 0.6 is 0 Å². The summed E-state index contributed by atoms with van der Waals surface area (Å²) in [6, 6.07) is 11.6. The molecule has 7 heteroatoms. The lowest BCUT2D eigenvalue weighted by Gasteiger charge is -2.58. The Morgan fingerprint density at radius 2 is 1.62 bits per heavy atom. The Kier molecular flexibility index (Phi) is 6.35. The SMILES string of the molecule is CCOC(=O)C1(C(=O)OCC)Cc2ccc([C@]3(O)CC[C@@H]4C3(C)CC[C@@H]3c5ccc(O)cc5CC[C@]34N)cc2C1. The van der Waals surface area contributed by atoms with Crippen molar-refractivity contribution in [3.63, 3.8) is 0 Å². The van der Waals surface area contributed by atoms with Gasteiger partial charge in [-0.1, -0.05) is 31.2 Å². The number of hydrogen-bond donors (Lipinski definition) is 3. The van der Waals surface area contributed by atoms with Crippen LogP contribution in [-0.4, -0.2) is 40.9 Å². The number of hydrogen-bond acceptors (Lipinski definition) is 7. The van der Waals surface area contributed by atoms with Gasteiger partial charge in [-0.2, -0.15) is 0 Å².